The van der Waals surface area contributed by atoms with Crippen molar-refractivity contribution in [2.24, 2.45) is 28.7 Å². The maximum absolute atomic E-state index is 14.7. The Morgan fingerprint density at radius 2 is 1.57 bits per heavy atom. The number of benzene rings is 1. The van der Waals surface area contributed by atoms with Gasteiger partial charge >= 0.3 is 6.11 Å². The molecule has 2 saturated carbocycles. The van der Waals surface area contributed by atoms with Gasteiger partial charge in [-0.25, -0.2) is 0 Å². The molecule has 0 radical (unpaired) electrons. The molecular formula is C23H31F2NOS. The quantitative estimate of drug-likeness (QED) is 0.339. The monoisotopic (exact) mass is 407 g/mol. The van der Waals surface area contributed by atoms with Crippen molar-refractivity contribution in [1.82, 2.24) is 0 Å². The molecule has 2 nitrogen and oxygen atoms in total. The Balaban J connectivity index is 1.48. The van der Waals surface area contributed by atoms with Gasteiger partial charge in [-0.3, -0.25) is 0 Å². The van der Waals surface area contributed by atoms with E-state index in [-0.39, 0.29) is 5.75 Å². The van der Waals surface area contributed by atoms with Crippen molar-refractivity contribution in [2.45, 2.75) is 77.2 Å². The highest BCUT2D eigenvalue weighted by molar-refractivity contribution is 7.78. The molecular weight excluding hydrogens is 376 g/mol. The zero-order chi connectivity index (χ0) is 20.0. The van der Waals surface area contributed by atoms with Crippen LogP contribution in [0.1, 0.15) is 71.1 Å². The summed E-state index contributed by atoms with van der Waals surface area (Å²) in [5, 5.41) is 2.26. The lowest BCUT2D eigenvalue weighted by atomic mass is 9.68. The average molecular weight is 408 g/mol. The molecule has 0 N–H and O–H groups in total. The summed E-state index contributed by atoms with van der Waals surface area (Å²) in [5.41, 5.74) is 0.583. The van der Waals surface area contributed by atoms with Crippen molar-refractivity contribution < 1.29 is 13.5 Å². The Kier molecular flexibility index (Phi) is 7.59. The highest BCUT2D eigenvalue weighted by Crippen LogP contribution is 2.45. The highest BCUT2D eigenvalue weighted by Gasteiger charge is 2.45. The molecule has 0 saturated heterocycles. The Bertz CT molecular complexity index is 656. The van der Waals surface area contributed by atoms with Gasteiger partial charge in [0.25, 0.3) is 0 Å². The number of ether oxygens (including phenoxy) is 1. The lowest BCUT2D eigenvalue weighted by Crippen LogP contribution is -2.38. The zero-order valence-electron chi connectivity index (χ0n) is 16.7. The van der Waals surface area contributed by atoms with Crippen molar-refractivity contribution >= 4 is 23.1 Å². The van der Waals surface area contributed by atoms with Gasteiger partial charge < -0.3 is 4.74 Å². The minimum absolute atomic E-state index is 0.171. The van der Waals surface area contributed by atoms with E-state index >= 15 is 0 Å². The lowest BCUT2D eigenvalue weighted by molar-refractivity contribution is -0.224. The normalized spacial score (nSPS) is 28.4. The Labute approximate surface area is 172 Å². The largest absolute Gasteiger partial charge is 0.432 e. The molecule has 0 bridgehead atoms. The molecule has 3 rings (SSSR count). The number of rotatable bonds is 7. The second-order valence-corrected chi connectivity index (χ2v) is 8.72. The fraction of sp³-hybridized carbons (Fsp3) is 0.696. The highest BCUT2D eigenvalue weighted by atomic mass is 32.1. The van der Waals surface area contributed by atoms with Crippen molar-refractivity contribution in [3.05, 3.63) is 24.3 Å². The van der Waals surface area contributed by atoms with Crippen LogP contribution in [0.4, 0.5) is 14.5 Å². The van der Waals surface area contributed by atoms with E-state index in [2.05, 4.69) is 29.3 Å². The molecule has 0 spiro atoms. The molecule has 2 aliphatic rings. The van der Waals surface area contributed by atoms with Gasteiger partial charge in [-0.1, -0.05) is 32.6 Å². The fourth-order valence-electron chi connectivity index (χ4n) is 5.17. The number of hydrogen-bond acceptors (Lipinski definition) is 3. The fourth-order valence-corrected chi connectivity index (χ4v) is 5.27. The Morgan fingerprint density at radius 3 is 2.11 bits per heavy atom. The summed E-state index contributed by atoms with van der Waals surface area (Å²) in [6.07, 6.45) is 7.69. The minimum Gasteiger partial charge on any atom is -0.432 e. The van der Waals surface area contributed by atoms with Gasteiger partial charge in [-0.05, 0) is 92.8 Å². The smallest absolute Gasteiger partial charge is 0.400 e. The van der Waals surface area contributed by atoms with Gasteiger partial charge in [0.1, 0.15) is 5.75 Å². The first kappa shape index (κ1) is 21.4. The molecule has 1 aromatic carbocycles. The van der Waals surface area contributed by atoms with Crippen LogP contribution >= 0.6 is 12.2 Å². The summed E-state index contributed by atoms with van der Waals surface area (Å²) in [4.78, 5) is 3.82. The van der Waals surface area contributed by atoms with E-state index in [1.165, 1.54) is 50.7 Å². The van der Waals surface area contributed by atoms with Gasteiger partial charge in [0, 0.05) is 0 Å². The number of thiocarbonyl (C=S) groups is 1. The van der Waals surface area contributed by atoms with E-state index < -0.39 is 12.0 Å². The van der Waals surface area contributed by atoms with Gasteiger partial charge in [-0.2, -0.15) is 13.8 Å². The second-order valence-electron chi connectivity index (χ2n) is 8.54. The second kappa shape index (κ2) is 9.93. The third kappa shape index (κ3) is 5.61. The van der Waals surface area contributed by atoms with E-state index in [4.69, 9.17) is 4.74 Å². The Hall–Kier alpha value is -1.32. The van der Waals surface area contributed by atoms with Crippen molar-refractivity contribution in [3.63, 3.8) is 0 Å². The number of aliphatic imine (C=N–C) groups is 1. The van der Waals surface area contributed by atoms with Crippen LogP contribution in [0.25, 0.3) is 0 Å². The van der Waals surface area contributed by atoms with Crippen LogP contribution in [-0.2, 0) is 0 Å². The Morgan fingerprint density at radius 1 is 1.00 bits per heavy atom. The minimum atomic E-state index is -3.13. The molecule has 0 amide bonds. The van der Waals surface area contributed by atoms with E-state index in [9.17, 15) is 8.78 Å². The van der Waals surface area contributed by atoms with E-state index in [0.29, 0.717) is 24.4 Å². The van der Waals surface area contributed by atoms with Crippen LogP contribution < -0.4 is 4.74 Å². The van der Waals surface area contributed by atoms with Gasteiger partial charge in [0.05, 0.1) is 16.8 Å². The summed E-state index contributed by atoms with van der Waals surface area (Å²) < 4.78 is 34.4. The zero-order valence-corrected chi connectivity index (χ0v) is 17.5. The van der Waals surface area contributed by atoms with Crippen LogP contribution in [0.3, 0.4) is 0 Å². The third-order valence-electron chi connectivity index (χ3n) is 6.77. The summed E-state index contributed by atoms with van der Waals surface area (Å²) in [6.45, 7) is 2.26. The van der Waals surface area contributed by atoms with E-state index in [0.717, 1.165) is 24.7 Å². The summed E-state index contributed by atoms with van der Waals surface area (Å²) in [5.74, 6) is 1.75. The maximum Gasteiger partial charge on any atom is 0.400 e. The lowest BCUT2D eigenvalue weighted by Gasteiger charge is -2.39. The standard InChI is InChI=1S/C23H31F2NOS/c1-2-3-17-4-6-18(7-5-17)19-8-10-20(11-9-19)23(24,25)27-22-14-12-21(13-15-22)26-16-28/h12-15,17-20H,2-11H2,1H3. The molecule has 0 atom stereocenters. The predicted molar refractivity (Wildman–Crippen MR) is 113 cm³/mol. The number of hydrogen-bond donors (Lipinski definition) is 0. The molecule has 1 aromatic rings. The topological polar surface area (TPSA) is 21.6 Å². The first-order valence-electron chi connectivity index (χ1n) is 10.8. The first-order valence-corrected chi connectivity index (χ1v) is 11.2. The summed E-state index contributed by atoms with van der Waals surface area (Å²) >= 11 is 4.55. The predicted octanol–water partition coefficient (Wildman–Crippen LogP) is 7.81. The van der Waals surface area contributed by atoms with Gasteiger partial charge in [0.2, 0.25) is 0 Å². The average Bonchev–Trinajstić information content (AvgIpc) is 2.70. The van der Waals surface area contributed by atoms with Crippen molar-refractivity contribution in [1.29, 1.82) is 0 Å². The van der Waals surface area contributed by atoms with Crippen molar-refractivity contribution in [2.75, 3.05) is 0 Å². The maximum atomic E-state index is 14.7. The van der Waals surface area contributed by atoms with Crippen LogP contribution in [0.5, 0.6) is 5.75 Å². The molecule has 2 aliphatic carbocycles. The van der Waals surface area contributed by atoms with Crippen molar-refractivity contribution in [3.8, 4) is 5.75 Å². The number of halogens is 2. The number of alkyl halides is 2. The molecule has 0 aliphatic heterocycles. The first-order chi connectivity index (χ1) is 13.5. The van der Waals surface area contributed by atoms with Crippen LogP contribution in [0, 0.1) is 23.7 Å². The van der Waals surface area contributed by atoms with Gasteiger partial charge in [0.15, 0.2) is 0 Å². The molecule has 0 heterocycles. The molecule has 0 unspecified atom stereocenters. The van der Waals surface area contributed by atoms with Crippen LogP contribution in [0.15, 0.2) is 29.3 Å². The third-order valence-corrected chi connectivity index (χ3v) is 6.86. The molecule has 28 heavy (non-hydrogen) atoms. The summed E-state index contributed by atoms with van der Waals surface area (Å²) in [7, 11) is 0. The van der Waals surface area contributed by atoms with E-state index in [1.807, 2.05) is 0 Å². The van der Waals surface area contributed by atoms with Crippen LogP contribution in [-0.4, -0.2) is 11.3 Å². The molecule has 2 fully saturated rings. The van der Waals surface area contributed by atoms with E-state index in [1.54, 1.807) is 12.1 Å². The number of isothiocyanates is 1. The number of nitrogens with zero attached hydrogens (tertiary/aromatic N) is 1. The summed E-state index contributed by atoms with van der Waals surface area (Å²) in [6, 6.07) is 6.24. The van der Waals surface area contributed by atoms with Gasteiger partial charge in [-0.15, -0.1) is 0 Å². The molecule has 0 aromatic heterocycles. The van der Waals surface area contributed by atoms with Crippen LogP contribution in [0.2, 0.25) is 0 Å². The molecule has 5 heteroatoms. The molecule has 154 valence electrons. The SMILES string of the molecule is CCCC1CCC(C2CCC(C(F)(F)Oc3ccc(N=C=S)cc3)CC2)CC1.